The SMILES string of the molecule is Nc1cc(S(=O)(=O)c2cc(N)c(N)c(Oc3ccccc3)c2Oc2ccccc2)c(Oc2ccccc2)c(Oc2ccccc2)c1N. The van der Waals surface area contributed by atoms with Gasteiger partial charge in [-0.25, -0.2) is 8.42 Å². The van der Waals surface area contributed by atoms with Crippen molar-refractivity contribution in [3.63, 3.8) is 0 Å². The maximum Gasteiger partial charge on any atom is 0.214 e. The third-order valence-electron chi connectivity index (χ3n) is 6.98. The van der Waals surface area contributed by atoms with Crippen LogP contribution in [0.3, 0.4) is 0 Å². The number of para-hydroxylation sites is 4. The van der Waals surface area contributed by atoms with Crippen molar-refractivity contribution in [2.24, 2.45) is 0 Å². The highest BCUT2D eigenvalue weighted by Gasteiger charge is 2.35. The summed E-state index contributed by atoms with van der Waals surface area (Å²) >= 11 is 0. The molecule has 0 bridgehead atoms. The first-order chi connectivity index (χ1) is 22.7. The second kappa shape index (κ2) is 13.0. The van der Waals surface area contributed by atoms with E-state index in [0.29, 0.717) is 23.0 Å². The zero-order chi connectivity index (χ0) is 33.0. The maximum absolute atomic E-state index is 14.9. The highest BCUT2D eigenvalue weighted by molar-refractivity contribution is 7.91. The van der Waals surface area contributed by atoms with Gasteiger partial charge in [0.1, 0.15) is 44.2 Å². The molecule has 11 heteroatoms. The monoisotopic (exact) mass is 646 g/mol. The molecule has 0 amide bonds. The van der Waals surface area contributed by atoms with Crippen LogP contribution < -0.4 is 41.9 Å². The van der Waals surface area contributed by atoms with Crippen LogP contribution in [0.2, 0.25) is 0 Å². The lowest BCUT2D eigenvalue weighted by molar-refractivity contribution is 0.407. The predicted molar refractivity (Wildman–Crippen MR) is 182 cm³/mol. The minimum atomic E-state index is -4.63. The Bertz CT molecular complexity index is 1980. The molecule has 0 heterocycles. The van der Waals surface area contributed by atoms with Crippen LogP contribution in [0.25, 0.3) is 0 Å². The minimum absolute atomic E-state index is 0.0237. The van der Waals surface area contributed by atoms with Gasteiger partial charge in [0, 0.05) is 0 Å². The van der Waals surface area contributed by atoms with E-state index in [1.165, 1.54) is 12.1 Å². The van der Waals surface area contributed by atoms with E-state index in [9.17, 15) is 8.42 Å². The highest BCUT2D eigenvalue weighted by Crippen LogP contribution is 2.52. The van der Waals surface area contributed by atoms with Crippen LogP contribution in [-0.2, 0) is 9.84 Å². The van der Waals surface area contributed by atoms with Crippen LogP contribution in [0, 0.1) is 0 Å². The number of hydrogen-bond donors (Lipinski definition) is 4. The summed E-state index contributed by atoms with van der Waals surface area (Å²) in [5, 5.41) is 0. The first-order valence-corrected chi connectivity index (χ1v) is 15.8. The minimum Gasteiger partial charge on any atom is -0.452 e. The second-order valence-corrected chi connectivity index (χ2v) is 12.1. The number of benzene rings is 6. The molecule has 0 saturated carbocycles. The Morgan fingerprint density at radius 1 is 0.383 bits per heavy atom. The van der Waals surface area contributed by atoms with Gasteiger partial charge in [0.15, 0.2) is 23.0 Å². The Morgan fingerprint density at radius 3 is 0.915 bits per heavy atom. The van der Waals surface area contributed by atoms with Crippen LogP contribution in [0.15, 0.2) is 143 Å². The van der Waals surface area contributed by atoms with Crippen LogP contribution in [0.5, 0.6) is 46.0 Å². The number of hydrogen-bond acceptors (Lipinski definition) is 10. The van der Waals surface area contributed by atoms with E-state index >= 15 is 0 Å². The first kappa shape index (κ1) is 30.7. The van der Waals surface area contributed by atoms with Gasteiger partial charge < -0.3 is 41.9 Å². The first-order valence-electron chi connectivity index (χ1n) is 14.3. The molecule has 10 nitrogen and oxygen atoms in total. The molecule has 0 aromatic heterocycles. The molecule has 47 heavy (non-hydrogen) atoms. The molecule has 6 rings (SSSR count). The number of anilines is 4. The van der Waals surface area contributed by atoms with Crippen molar-refractivity contribution >= 4 is 32.6 Å². The molecular weight excluding hydrogens is 616 g/mol. The topological polar surface area (TPSA) is 175 Å². The van der Waals surface area contributed by atoms with Crippen molar-refractivity contribution in [1.82, 2.24) is 0 Å². The third-order valence-corrected chi connectivity index (χ3v) is 8.74. The van der Waals surface area contributed by atoms with Gasteiger partial charge in [0.25, 0.3) is 0 Å². The largest absolute Gasteiger partial charge is 0.452 e. The van der Waals surface area contributed by atoms with Crippen molar-refractivity contribution in [3.8, 4) is 46.0 Å². The van der Waals surface area contributed by atoms with Crippen molar-refractivity contribution < 1.29 is 27.4 Å². The van der Waals surface area contributed by atoms with E-state index in [2.05, 4.69) is 0 Å². The van der Waals surface area contributed by atoms with E-state index in [0.717, 1.165) is 0 Å². The maximum atomic E-state index is 14.9. The zero-order valence-electron chi connectivity index (χ0n) is 24.9. The Balaban J connectivity index is 1.61. The van der Waals surface area contributed by atoms with Crippen LogP contribution >= 0.6 is 0 Å². The summed E-state index contributed by atoms with van der Waals surface area (Å²) in [7, 11) is -4.63. The highest BCUT2D eigenvalue weighted by atomic mass is 32.2. The summed E-state index contributed by atoms with van der Waals surface area (Å²) in [5.41, 5.74) is 25.3. The molecule has 0 fully saturated rings. The fraction of sp³-hybridized carbons (Fsp3) is 0. The Hall–Kier alpha value is -6.33. The molecule has 0 aliphatic heterocycles. The predicted octanol–water partition coefficient (Wildman–Crippen LogP) is 8.02. The van der Waals surface area contributed by atoms with Gasteiger partial charge in [-0.2, -0.15) is 0 Å². The standard InChI is InChI=1S/C36H30N4O6S/c37-27-21-29(33(43-23-13-5-1-6-14-23)35(31(27)39)45-25-17-9-3-10-18-25)47(41,42)30-22-28(38)32(40)36(46-26-19-11-4-12-20-26)34(30)44-24-15-7-2-8-16-24/h1-22H,37-40H2. The normalized spacial score (nSPS) is 11.1. The van der Waals surface area contributed by atoms with Gasteiger partial charge >= 0.3 is 0 Å². The number of sulfone groups is 1. The summed E-state index contributed by atoms with van der Waals surface area (Å²) in [6.45, 7) is 0. The number of nitrogens with two attached hydrogens (primary N) is 4. The Kier molecular flexibility index (Phi) is 8.46. The van der Waals surface area contributed by atoms with Gasteiger partial charge in [-0.3, -0.25) is 0 Å². The van der Waals surface area contributed by atoms with E-state index in [1.807, 2.05) is 12.1 Å². The quantitative estimate of drug-likeness (QED) is 0.107. The van der Waals surface area contributed by atoms with Crippen LogP contribution in [0.1, 0.15) is 0 Å². The van der Waals surface area contributed by atoms with Crippen molar-refractivity contribution in [3.05, 3.63) is 133 Å². The van der Waals surface area contributed by atoms with E-state index < -0.39 is 9.84 Å². The van der Waals surface area contributed by atoms with Crippen molar-refractivity contribution in [2.45, 2.75) is 9.79 Å². The van der Waals surface area contributed by atoms with E-state index in [1.54, 1.807) is 109 Å². The average Bonchev–Trinajstić information content (AvgIpc) is 3.09. The van der Waals surface area contributed by atoms with E-state index in [-0.39, 0.29) is 55.5 Å². The van der Waals surface area contributed by atoms with Crippen molar-refractivity contribution in [2.75, 3.05) is 22.9 Å². The van der Waals surface area contributed by atoms with Gasteiger partial charge in [0.2, 0.25) is 9.84 Å². The molecule has 236 valence electrons. The lowest BCUT2D eigenvalue weighted by Gasteiger charge is -2.22. The summed E-state index contributed by atoms with van der Waals surface area (Å²) < 4.78 is 54.6. The fourth-order valence-electron chi connectivity index (χ4n) is 4.64. The Labute approximate surface area is 271 Å². The molecule has 0 atom stereocenters. The van der Waals surface area contributed by atoms with Crippen molar-refractivity contribution in [1.29, 1.82) is 0 Å². The zero-order valence-corrected chi connectivity index (χ0v) is 25.7. The van der Waals surface area contributed by atoms with Gasteiger partial charge in [0.05, 0.1) is 11.4 Å². The molecule has 0 radical (unpaired) electrons. The number of nitrogen functional groups attached to an aromatic ring is 4. The summed E-state index contributed by atoms with van der Waals surface area (Å²) in [5.74, 6) is 0.746. The van der Waals surface area contributed by atoms with Gasteiger partial charge in [-0.15, -0.1) is 0 Å². The molecule has 6 aromatic rings. The molecule has 8 N–H and O–H groups in total. The summed E-state index contributed by atoms with van der Waals surface area (Å²) in [6.07, 6.45) is 0. The fourth-order valence-corrected chi connectivity index (χ4v) is 6.20. The Morgan fingerprint density at radius 2 is 0.638 bits per heavy atom. The smallest absolute Gasteiger partial charge is 0.214 e. The molecule has 6 aromatic carbocycles. The summed E-state index contributed by atoms with van der Waals surface area (Å²) in [4.78, 5) is -0.738. The van der Waals surface area contributed by atoms with Gasteiger partial charge in [-0.05, 0) is 60.7 Å². The summed E-state index contributed by atoms with van der Waals surface area (Å²) in [6, 6.07) is 37.0. The molecule has 0 unspecified atom stereocenters. The number of ether oxygens (including phenoxy) is 4. The van der Waals surface area contributed by atoms with Crippen LogP contribution in [0.4, 0.5) is 22.7 Å². The molecular formula is C36H30N4O6S. The lowest BCUT2D eigenvalue weighted by Crippen LogP contribution is -2.12. The second-order valence-electron chi connectivity index (χ2n) is 10.2. The molecule has 0 aliphatic carbocycles. The molecule has 0 aliphatic rings. The van der Waals surface area contributed by atoms with Gasteiger partial charge in [-0.1, -0.05) is 72.8 Å². The number of rotatable bonds is 10. The van der Waals surface area contributed by atoms with Crippen LogP contribution in [-0.4, -0.2) is 8.42 Å². The molecule has 0 spiro atoms. The van der Waals surface area contributed by atoms with E-state index in [4.69, 9.17) is 41.9 Å². The lowest BCUT2D eigenvalue weighted by atomic mass is 10.2. The third kappa shape index (κ3) is 6.42. The molecule has 0 saturated heterocycles. The average molecular weight is 647 g/mol.